The molecule has 4 rings (SSSR count). The summed E-state index contributed by atoms with van der Waals surface area (Å²) in [5.41, 5.74) is 4.70. The molecule has 26 heavy (non-hydrogen) atoms. The summed E-state index contributed by atoms with van der Waals surface area (Å²) in [5, 5.41) is 0. The predicted molar refractivity (Wildman–Crippen MR) is 104 cm³/mol. The lowest BCUT2D eigenvalue weighted by Gasteiger charge is -2.22. The Labute approximate surface area is 153 Å². The molecule has 5 heteroatoms. The smallest absolute Gasteiger partial charge is 0.233 e. The third-order valence-electron chi connectivity index (χ3n) is 4.41. The van der Waals surface area contributed by atoms with Gasteiger partial charge in [-0.1, -0.05) is 42.0 Å². The summed E-state index contributed by atoms with van der Waals surface area (Å²) in [6, 6.07) is 21.4. The van der Waals surface area contributed by atoms with E-state index in [1.807, 2.05) is 73.7 Å². The van der Waals surface area contributed by atoms with Gasteiger partial charge in [0.2, 0.25) is 10.0 Å². The molecule has 0 atom stereocenters. The molecular weight excluding hydrogens is 346 g/mol. The second-order valence-electron chi connectivity index (χ2n) is 6.46. The average molecular weight is 365 g/mol. The fourth-order valence-corrected chi connectivity index (χ4v) is 4.33. The quantitative estimate of drug-likeness (QED) is 0.728. The summed E-state index contributed by atoms with van der Waals surface area (Å²) >= 11 is 0. The molecule has 0 aliphatic carbocycles. The molecule has 1 aliphatic heterocycles. The molecule has 0 aromatic heterocycles. The molecule has 1 N–H and O–H groups in total. The zero-order valence-electron chi connectivity index (χ0n) is 14.4. The summed E-state index contributed by atoms with van der Waals surface area (Å²) in [7, 11) is -3.26. The van der Waals surface area contributed by atoms with Crippen LogP contribution < -0.4 is 9.46 Å². The van der Waals surface area contributed by atoms with Crippen molar-refractivity contribution in [1.82, 2.24) is 0 Å². The first-order valence-corrected chi connectivity index (χ1v) is 10.1. The first-order chi connectivity index (χ1) is 12.5. The van der Waals surface area contributed by atoms with Crippen LogP contribution in [-0.4, -0.2) is 14.2 Å². The highest BCUT2D eigenvalue weighted by atomic mass is 32.2. The summed E-state index contributed by atoms with van der Waals surface area (Å²) in [6.45, 7) is 2.03. The molecule has 0 saturated heterocycles. The topological polar surface area (TPSA) is 55.4 Å². The summed E-state index contributed by atoms with van der Waals surface area (Å²) in [6.07, 6.45) is 0.536. The van der Waals surface area contributed by atoms with Crippen LogP contribution in [0.5, 0.6) is 11.5 Å². The fourth-order valence-electron chi connectivity index (χ4n) is 3.18. The molecule has 0 spiro atoms. The molecule has 132 valence electrons. The third kappa shape index (κ3) is 3.44. The Bertz CT molecular complexity index is 1040. The molecule has 3 aromatic carbocycles. The van der Waals surface area contributed by atoms with Gasteiger partial charge in [0, 0.05) is 5.56 Å². The maximum absolute atomic E-state index is 12.0. The molecule has 1 aliphatic rings. The second-order valence-corrected chi connectivity index (χ2v) is 8.30. The normalized spacial score (nSPS) is 15.0. The number of anilines is 1. The van der Waals surface area contributed by atoms with E-state index in [0.717, 1.165) is 33.8 Å². The zero-order valence-corrected chi connectivity index (χ0v) is 15.2. The van der Waals surface area contributed by atoms with Crippen molar-refractivity contribution in [3.05, 3.63) is 77.9 Å². The second kappa shape index (κ2) is 6.50. The van der Waals surface area contributed by atoms with Gasteiger partial charge in [-0.25, -0.2) is 8.42 Å². The Balaban J connectivity index is 1.69. The highest BCUT2D eigenvalue weighted by Gasteiger charge is 2.23. The van der Waals surface area contributed by atoms with Gasteiger partial charge in [-0.15, -0.1) is 0 Å². The van der Waals surface area contributed by atoms with Crippen molar-refractivity contribution < 1.29 is 13.2 Å². The molecule has 3 aromatic rings. The van der Waals surface area contributed by atoms with E-state index in [2.05, 4.69) is 4.72 Å². The van der Waals surface area contributed by atoms with Crippen molar-refractivity contribution in [1.29, 1.82) is 0 Å². The van der Waals surface area contributed by atoms with Gasteiger partial charge in [-0.2, -0.15) is 0 Å². The number of rotatable bonds is 3. The summed E-state index contributed by atoms with van der Waals surface area (Å²) in [5.74, 6) is 1.65. The van der Waals surface area contributed by atoms with E-state index in [-0.39, 0.29) is 5.75 Å². The van der Waals surface area contributed by atoms with Gasteiger partial charge in [0.15, 0.2) is 0 Å². The Kier molecular flexibility index (Phi) is 4.17. The predicted octanol–water partition coefficient (Wildman–Crippen LogP) is 4.75. The van der Waals surface area contributed by atoms with Crippen LogP contribution in [0, 0.1) is 6.92 Å². The monoisotopic (exact) mass is 365 g/mol. The largest absolute Gasteiger partial charge is 0.457 e. The summed E-state index contributed by atoms with van der Waals surface area (Å²) in [4.78, 5) is 0. The lowest BCUT2D eigenvalue weighted by Crippen LogP contribution is -2.24. The molecule has 0 radical (unpaired) electrons. The Morgan fingerprint density at radius 1 is 0.923 bits per heavy atom. The minimum absolute atomic E-state index is 0.132. The maximum Gasteiger partial charge on any atom is 0.233 e. The number of nitrogens with one attached hydrogen (secondary N) is 1. The SMILES string of the molecule is Cc1cc2c(c(-c3ccc(Oc4ccccc4)cc3)c1)NS(=O)(=O)CC2. The maximum atomic E-state index is 12.0. The van der Waals surface area contributed by atoms with Gasteiger partial charge in [0.05, 0.1) is 11.4 Å². The van der Waals surface area contributed by atoms with E-state index in [1.54, 1.807) is 0 Å². The first-order valence-electron chi connectivity index (χ1n) is 8.47. The number of hydrogen-bond donors (Lipinski definition) is 1. The van der Waals surface area contributed by atoms with E-state index < -0.39 is 10.0 Å². The minimum Gasteiger partial charge on any atom is -0.457 e. The van der Waals surface area contributed by atoms with E-state index in [4.69, 9.17) is 4.74 Å². The van der Waals surface area contributed by atoms with Crippen molar-refractivity contribution in [3.8, 4) is 22.6 Å². The number of fused-ring (bicyclic) bond motifs is 1. The number of ether oxygens (including phenoxy) is 1. The number of para-hydroxylation sites is 1. The molecule has 0 amide bonds. The van der Waals surface area contributed by atoms with Crippen molar-refractivity contribution in [2.75, 3.05) is 10.5 Å². The van der Waals surface area contributed by atoms with Gasteiger partial charge < -0.3 is 4.74 Å². The van der Waals surface area contributed by atoms with Crippen LogP contribution in [0.4, 0.5) is 5.69 Å². The Morgan fingerprint density at radius 2 is 1.62 bits per heavy atom. The van der Waals surface area contributed by atoms with Crippen LogP contribution in [0.3, 0.4) is 0 Å². The molecule has 1 heterocycles. The highest BCUT2D eigenvalue weighted by Crippen LogP contribution is 2.36. The van der Waals surface area contributed by atoms with E-state index in [9.17, 15) is 8.42 Å². The standard InChI is InChI=1S/C21H19NO3S/c1-15-13-17-11-12-26(23,24)22-21(17)20(14-15)16-7-9-19(10-8-16)25-18-5-3-2-4-6-18/h2-10,13-14,22H,11-12H2,1H3. The minimum atomic E-state index is -3.26. The molecule has 0 unspecified atom stereocenters. The van der Waals surface area contributed by atoms with Crippen molar-refractivity contribution >= 4 is 15.7 Å². The lowest BCUT2D eigenvalue weighted by molar-refractivity contribution is 0.483. The van der Waals surface area contributed by atoms with Crippen molar-refractivity contribution in [3.63, 3.8) is 0 Å². The first kappa shape index (κ1) is 16.7. The van der Waals surface area contributed by atoms with Gasteiger partial charge >= 0.3 is 0 Å². The van der Waals surface area contributed by atoms with Crippen LogP contribution in [0.2, 0.25) is 0 Å². The van der Waals surface area contributed by atoms with E-state index in [1.165, 1.54) is 0 Å². The average Bonchev–Trinajstić information content (AvgIpc) is 2.63. The highest BCUT2D eigenvalue weighted by molar-refractivity contribution is 7.92. The molecule has 0 bridgehead atoms. The molecule has 0 saturated carbocycles. The fraction of sp³-hybridized carbons (Fsp3) is 0.143. The lowest BCUT2D eigenvalue weighted by atomic mass is 9.96. The van der Waals surface area contributed by atoms with Crippen LogP contribution in [0.15, 0.2) is 66.7 Å². The van der Waals surface area contributed by atoms with Gasteiger partial charge in [-0.3, -0.25) is 4.72 Å². The Morgan fingerprint density at radius 3 is 2.35 bits per heavy atom. The van der Waals surface area contributed by atoms with Gasteiger partial charge in [0.1, 0.15) is 11.5 Å². The van der Waals surface area contributed by atoms with Crippen LogP contribution >= 0.6 is 0 Å². The molecule has 0 fully saturated rings. The van der Waals surface area contributed by atoms with Gasteiger partial charge in [0.25, 0.3) is 0 Å². The Hall–Kier alpha value is -2.79. The number of hydrogen-bond acceptors (Lipinski definition) is 3. The summed E-state index contributed by atoms with van der Waals surface area (Å²) < 4.78 is 32.6. The number of sulfonamides is 1. The van der Waals surface area contributed by atoms with E-state index >= 15 is 0 Å². The third-order valence-corrected chi connectivity index (χ3v) is 5.66. The van der Waals surface area contributed by atoms with Crippen LogP contribution in [0.1, 0.15) is 11.1 Å². The van der Waals surface area contributed by atoms with Gasteiger partial charge in [-0.05, 0) is 54.8 Å². The molecular formula is C21H19NO3S. The zero-order chi connectivity index (χ0) is 18.1. The van der Waals surface area contributed by atoms with Crippen molar-refractivity contribution in [2.45, 2.75) is 13.3 Å². The molecule has 4 nitrogen and oxygen atoms in total. The van der Waals surface area contributed by atoms with E-state index in [0.29, 0.717) is 12.1 Å². The number of benzene rings is 3. The van der Waals surface area contributed by atoms with Crippen LogP contribution in [-0.2, 0) is 16.4 Å². The van der Waals surface area contributed by atoms with Crippen LogP contribution in [0.25, 0.3) is 11.1 Å². The number of aryl methyl sites for hydroxylation is 2. The van der Waals surface area contributed by atoms with Crippen molar-refractivity contribution in [2.24, 2.45) is 0 Å².